The monoisotopic (exact) mass is 191 g/mol. The van der Waals surface area contributed by atoms with Crippen molar-refractivity contribution in [3.05, 3.63) is 29.8 Å². The minimum atomic E-state index is 0.336. The first kappa shape index (κ1) is 9.53. The lowest BCUT2D eigenvalue weighted by Crippen LogP contribution is -2.20. The van der Waals surface area contributed by atoms with E-state index in [1.54, 1.807) is 6.07 Å². The molecule has 14 heavy (non-hydrogen) atoms. The summed E-state index contributed by atoms with van der Waals surface area (Å²) < 4.78 is 0. The van der Waals surface area contributed by atoms with E-state index >= 15 is 0 Å². The first-order chi connectivity index (χ1) is 6.75. The van der Waals surface area contributed by atoms with E-state index in [0.717, 1.165) is 18.0 Å². The Kier molecular flexibility index (Phi) is 2.73. The van der Waals surface area contributed by atoms with Gasteiger partial charge in [0.25, 0.3) is 0 Å². The van der Waals surface area contributed by atoms with Crippen molar-refractivity contribution < 1.29 is 5.11 Å². The summed E-state index contributed by atoms with van der Waals surface area (Å²) in [5, 5.41) is 12.8. The highest BCUT2D eigenvalue weighted by Crippen LogP contribution is 2.28. The molecule has 0 amide bonds. The normalized spacial score (nSPS) is 18.1. The van der Waals surface area contributed by atoms with Crippen molar-refractivity contribution in [1.82, 2.24) is 5.32 Å². The van der Waals surface area contributed by atoms with Crippen molar-refractivity contribution >= 4 is 0 Å². The Morgan fingerprint density at radius 2 is 2.29 bits per heavy atom. The average Bonchev–Trinajstić information content (AvgIpc) is 2.97. The van der Waals surface area contributed by atoms with Crippen LogP contribution in [0.5, 0.6) is 5.75 Å². The number of rotatable bonds is 4. The first-order valence-electron chi connectivity index (χ1n) is 5.28. The van der Waals surface area contributed by atoms with Gasteiger partial charge >= 0.3 is 0 Å². The van der Waals surface area contributed by atoms with Gasteiger partial charge in [-0.15, -0.1) is 0 Å². The van der Waals surface area contributed by atoms with Crippen LogP contribution in [0.4, 0.5) is 0 Å². The lowest BCUT2D eigenvalue weighted by atomic mass is 10.1. The molecule has 2 heteroatoms. The summed E-state index contributed by atoms with van der Waals surface area (Å²) in [6.07, 6.45) is 2.75. The summed E-state index contributed by atoms with van der Waals surface area (Å²) in [7, 11) is 0. The van der Waals surface area contributed by atoms with E-state index in [-0.39, 0.29) is 0 Å². The van der Waals surface area contributed by atoms with Crippen LogP contribution < -0.4 is 5.32 Å². The van der Waals surface area contributed by atoms with Crippen LogP contribution in [-0.4, -0.2) is 11.7 Å². The van der Waals surface area contributed by atoms with Crippen LogP contribution in [-0.2, 0) is 0 Å². The van der Waals surface area contributed by atoms with E-state index in [2.05, 4.69) is 12.2 Å². The van der Waals surface area contributed by atoms with Gasteiger partial charge in [0.1, 0.15) is 5.75 Å². The number of phenols is 1. The predicted molar refractivity (Wildman–Crippen MR) is 57.2 cm³/mol. The van der Waals surface area contributed by atoms with Gasteiger partial charge in [0, 0.05) is 6.04 Å². The Balaban J connectivity index is 1.91. The van der Waals surface area contributed by atoms with Gasteiger partial charge in [-0.3, -0.25) is 0 Å². The summed E-state index contributed by atoms with van der Waals surface area (Å²) in [5.41, 5.74) is 1.16. The molecule has 0 saturated heterocycles. The highest BCUT2D eigenvalue weighted by molar-refractivity contribution is 5.28. The van der Waals surface area contributed by atoms with Crippen molar-refractivity contribution in [2.24, 2.45) is 5.92 Å². The molecule has 0 radical (unpaired) electrons. The average molecular weight is 191 g/mol. The van der Waals surface area contributed by atoms with Crippen LogP contribution in [0.2, 0.25) is 0 Å². The molecule has 1 fully saturated rings. The lowest BCUT2D eigenvalue weighted by molar-refractivity contribution is 0.471. The van der Waals surface area contributed by atoms with Crippen molar-refractivity contribution in [2.45, 2.75) is 25.8 Å². The maximum Gasteiger partial charge on any atom is 0.115 e. The highest BCUT2D eigenvalue weighted by Gasteiger charge is 2.21. The minimum Gasteiger partial charge on any atom is -0.508 e. The fourth-order valence-electron chi connectivity index (χ4n) is 1.58. The standard InChI is InChI=1S/C12H17NO/c1-9(13-8-10-5-6-10)11-3-2-4-12(14)7-11/h2-4,7,9-10,13-14H,5-6,8H2,1H3. The van der Waals surface area contributed by atoms with E-state index < -0.39 is 0 Å². The SMILES string of the molecule is CC(NCC1CC1)c1cccc(O)c1. The minimum absolute atomic E-state index is 0.336. The Morgan fingerprint density at radius 1 is 1.50 bits per heavy atom. The van der Waals surface area contributed by atoms with Crippen molar-refractivity contribution in [3.63, 3.8) is 0 Å². The maximum absolute atomic E-state index is 9.32. The molecule has 0 heterocycles. The number of benzene rings is 1. The third kappa shape index (κ3) is 2.48. The Bertz CT molecular complexity index is 307. The molecule has 76 valence electrons. The molecule has 0 aliphatic heterocycles. The van der Waals surface area contributed by atoms with Crippen LogP contribution in [0.15, 0.2) is 24.3 Å². The second-order valence-corrected chi connectivity index (χ2v) is 4.17. The lowest BCUT2D eigenvalue weighted by Gasteiger charge is -2.13. The molecule has 0 aromatic heterocycles. The third-order valence-electron chi connectivity index (χ3n) is 2.78. The van der Waals surface area contributed by atoms with Gasteiger partial charge in [0.15, 0.2) is 0 Å². The van der Waals surface area contributed by atoms with Crippen molar-refractivity contribution in [1.29, 1.82) is 0 Å². The summed E-state index contributed by atoms with van der Waals surface area (Å²) in [6, 6.07) is 7.80. The smallest absolute Gasteiger partial charge is 0.115 e. The topological polar surface area (TPSA) is 32.3 Å². The van der Waals surface area contributed by atoms with E-state index in [9.17, 15) is 5.11 Å². The van der Waals surface area contributed by atoms with E-state index in [1.807, 2.05) is 18.2 Å². The van der Waals surface area contributed by atoms with Crippen LogP contribution in [0.1, 0.15) is 31.4 Å². The largest absolute Gasteiger partial charge is 0.508 e. The molecule has 1 unspecified atom stereocenters. The van der Waals surface area contributed by atoms with E-state index in [1.165, 1.54) is 12.8 Å². The number of hydrogen-bond donors (Lipinski definition) is 2. The van der Waals surface area contributed by atoms with Crippen LogP contribution in [0.25, 0.3) is 0 Å². The molecule has 1 saturated carbocycles. The quantitative estimate of drug-likeness (QED) is 0.766. The second kappa shape index (κ2) is 4.01. The molecule has 2 nitrogen and oxygen atoms in total. The first-order valence-corrected chi connectivity index (χ1v) is 5.28. The number of aromatic hydroxyl groups is 1. The molecule has 1 aliphatic rings. The van der Waals surface area contributed by atoms with Gasteiger partial charge in [-0.25, -0.2) is 0 Å². The van der Waals surface area contributed by atoms with Crippen molar-refractivity contribution in [2.75, 3.05) is 6.54 Å². The Hall–Kier alpha value is -1.02. The number of hydrogen-bond acceptors (Lipinski definition) is 2. The van der Waals surface area contributed by atoms with Crippen molar-refractivity contribution in [3.8, 4) is 5.75 Å². The molecule has 1 aromatic carbocycles. The molecular formula is C12H17NO. The highest BCUT2D eigenvalue weighted by atomic mass is 16.3. The summed E-state index contributed by atoms with van der Waals surface area (Å²) in [4.78, 5) is 0. The summed E-state index contributed by atoms with van der Waals surface area (Å²) in [6.45, 7) is 3.24. The molecular weight excluding hydrogens is 174 g/mol. The number of nitrogens with one attached hydrogen (secondary N) is 1. The molecule has 0 spiro atoms. The van der Waals surface area contributed by atoms with Gasteiger partial charge in [0.05, 0.1) is 0 Å². The zero-order valence-electron chi connectivity index (χ0n) is 8.53. The molecule has 1 aliphatic carbocycles. The van der Waals surface area contributed by atoms with E-state index in [4.69, 9.17) is 0 Å². The van der Waals surface area contributed by atoms with Gasteiger partial charge in [-0.05, 0) is 49.9 Å². The maximum atomic E-state index is 9.32. The Labute approximate surface area is 85.0 Å². The zero-order chi connectivity index (χ0) is 9.97. The fourth-order valence-corrected chi connectivity index (χ4v) is 1.58. The molecule has 1 atom stereocenters. The van der Waals surface area contributed by atoms with Gasteiger partial charge in [-0.2, -0.15) is 0 Å². The van der Waals surface area contributed by atoms with E-state index in [0.29, 0.717) is 11.8 Å². The molecule has 0 bridgehead atoms. The molecule has 2 N–H and O–H groups in total. The van der Waals surface area contributed by atoms with Gasteiger partial charge in [-0.1, -0.05) is 12.1 Å². The predicted octanol–water partition coefficient (Wildman–Crippen LogP) is 2.45. The Morgan fingerprint density at radius 3 is 2.93 bits per heavy atom. The van der Waals surface area contributed by atoms with Crippen LogP contribution in [0, 0.1) is 5.92 Å². The molecule has 1 aromatic rings. The number of phenolic OH excluding ortho intramolecular Hbond substituents is 1. The van der Waals surface area contributed by atoms with Gasteiger partial charge < -0.3 is 10.4 Å². The summed E-state index contributed by atoms with van der Waals surface area (Å²) in [5.74, 6) is 1.25. The third-order valence-corrected chi connectivity index (χ3v) is 2.78. The molecule has 2 rings (SSSR count). The zero-order valence-corrected chi connectivity index (χ0v) is 8.53. The second-order valence-electron chi connectivity index (χ2n) is 4.17. The van der Waals surface area contributed by atoms with Gasteiger partial charge in [0.2, 0.25) is 0 Å². The fraction of sp³-hybridized carbons (Fsp3) is 0.500. The summed E-state index contributed by atoms with van der Waals surface area (Å²) >= 11 is 0. The van der Waals surface area contributed by atoms with Crippen LogP contribution in [0.3, 0.4) is 0 Å². The van der Waals surface area contributed by atoms with Crippen LogP contribution >= 0.6 is 0 Å².